The van der Waals surface area contributed by atoms with Crippen molar-refractivity contribution in [2.45, 2.75) is 0 Å². The van der Waals surface area contributed by atoms with Crippen molar-refractivity contribution >= 4 is 31.8 Å². The molecule has 0 heterocycles. The van der Waals surface area contributed by atoms with Gasteiger partial charge >= 0.3 is 0 Å². The molecule has 2 rings (SSSR count). The molecule has 0 aliphatic rings. The lowest BCUT2D eigenvalue weighted by atomic mass is 10.3. The van der Waals surface area contributed by atoms with E-state index in [1.807, 2.05) is 36.4 Å². The van der Waals surface area contributed by atoms with E-state index < -0.39 is 0 Å². The summed E-state index contributed by atoms with van der Waals surface area (Å²) in [7, 11) is 1.72. The van der Waals surface area contributed by atoms with Gasteiger partial charge in [-0.25, -0.2) is 0 Å². The lowest BCUT2D eigenvalue weighted by Gasteiger charge is -2.05. The van der Waals surface area contributed by atoms with Crippen molar-refractivity contribution in [1.82, 2.24) is 0 Å². The molecule has 0 saturated carbocycles. The minimum atomic E-state index is -0.220. The van der Waals surface area contributed by atoms with Crippen LogP contribution in [0.1, 0.15) is 0 Å². The lowest BCUT2D eigenvalue weighted by Crippen LogP contribution is -2.09. The summed E-state index contributed by atoms with van der Waals surface area (Å²) in [6, 6.07) is 18.1. The highest BCUT2D eigenvalue weighted by molar-refractivity contribution is 8.87. The number of hydrogen-bond donors (Lipinski definition) is 0. The lowest BCUT2D eigenvalue weighted by molar-refractivity contribution is -0.113. The molecule has 4 nitrogen and oxygen atoms in total. The Morgan fingerprint density at radius 1 is 0.682 bits per heavy atom. The molecule has 114 valence electrons. The van der Waals surface area contributed by atoms with E-state index in [1.165, 1.54) is 0 Å². The summed E-state index contributed by atoms with van der Waals surface area (Å²) in [5, 5.41) is -0.441. The van der Waals surface area contributed by atoms with E-state index in [1.54, 1.807) is 24.3 Å². The van der Waals surface area contributed by atoms with Crippen molar-refractivity contribution < 1.29 is 19.1 Å². The molecule has 0 aliphatic heterocycles. The average molecular weight is 334 g/mol. The maximum Gasteiger partial charge on any atom is 0.237 e. The second-order valence-electron chi connectivity index (χ2n) is 4.11. The standard InChI is InChI=1S/C16H14O4S2/c17-15(11-19-13-7-3-1-4-8-13)21-22-16(18)12-20-14-9-5-2-6-10-14/h1-10H,11-12H2. The summed E-state index contributed by atoms with van der Waals surface area (Å²) in [6.45, 7) is -0.150. The SMILES string of the molecule is O=C(COc1ccccc1)SSC(=O)COc1ccccc1. The van der Waals surface area contributed by atoms with E-state index in [9.17, 15) is 9.59 Å². The van der Waals surface area contributed by atoms with E-state index in [0.29, 0.717) is 11.5 Å². The zero-order chi connectivity index (χ0) is 15.6. The van der Waals surface area contributed by atoms with Crippen molar-refractivity contribution in [2.24, 2.45) is 0 Å². The Balaban J connectivity index is 1.62. The fourth-order valence-electron chi connectivity index (χ4n) is 1.46. The van der Waals surface area contributed by atoms with Gasteiger partial charge in [0.05, 0.1) is 0 Å². The molecular weight excluding hydrogens is 320 g/mol. The summed E-state index contributed by atoms with van der Waals surface area (Å²) in [5.74, 6) is 1.25. The molecule has 0 bridgehead atoms. The highest BCUT2D eigenvalue weighted by atomic mass is 33.1. The molecule has 0 spiro atoms. The van der Waals surface area contributed by atoms with Crippen molar-refractivity contribution in [3.63, 3.8) is 0 Å². The molecule has 0 fully saturated rings. The molecule has 0 aliphatic carbocycles. The summed E-state index contributed by atoms with van der Waals surface area (Å²) >= 11 is 0. The first-order valence-corrected chi connectivity index (χ1v) is 8.65. The molecule has 0 amide bonds. The van der Waals surface area contributed by atoms with Gasteiger partial charge in [-0.05, 0) is 45.9 Å². The molecule has 0 aromatic heterocycles. The number of ether oxygens (including phenoxy) is 2. The van der Waals surface area contributed by atoms with Gasteiger partial charge in [-0.1, -0.05) is 36.4 Å². The van der Waals surface area contributed by atoms with Gasteiger partial charge in [0.1, 0.15) is 11.5 Å². The van der Waals surface area contributed by atoms with Crippen LogP contribution in [0.4, 0.5) is 0 Å². The van der Waals surface area contributed by atoms with Crippen LogP contribution in [0.25, 0.3) is 0 Å². The number of carbonyl (C=O) groups excluding carboxylic acids is 2. The molecule has 0 unspecified atom stereocenters. The Hall–Kier alpha value is -1.92. The first-order valence-electron chi connectivity index (χ1n) is 6.50. The van der Waals surface area contributed by atoms with E-state index in [4.69, 9.17) is 9.47 Å². The molecule has 0 saturated heterocycles. The fourth-order valence-corrected chi connectivity index (χ4v) is 2.71. The molecule has 2 aromatic carbocycles. The van der Waals surface area contributed by atoms with E-state index in [-0.39, 0.29) is 23.4 Å². The zero-order valence-corrected chi connectivity index (χ0v) is 13.3. The molecule has 6 heteroatoms. The van der Waals surface area contributed by atoms with Gasteiger partial charge < -0.3 is 9.47 Å². The van der Waals surface area contributed by atoms with Gasteiger partial charge in [-0.2, -0.15) is 0 Å². The average Bonchev–Trinajstić information content (AvgIpc) is 2.58. The number of rotatable bonds is 6. The summed E-state index contributed by atoms with van der Waals surface area (Å²) in [6.07, 6.45) is 0. The van der Waals surface area contributed by atoms with Crippen LogP contribution in [0.3, 0.4) is 0 Å². The number of para-hydroxylation sites is 2. The third-order valence-electron chi connectivity index (χ3n) is 2.43. The van der Waals surface area contributed by atoms with Crippen LogP contribution < -0.4 is 9.47 Å². The third kappa shape index (κ3) is 6.24. The van der Waals surface area contributed by atoms with Crippen molar-refractivity contribution in [1.29, 1.82) is 0 Å². The van der Waals surface area contributed by atoms with Crippen LogP contribution in [0.2, 0.25) is 0 Å². The van der Waals surface area contributed by atoms with E-state index in [0.717, 1.165) is 21.6 Å². The van der Waals surface area contributed by atoms with Gasteiger partial charge in [-0.15, -0.1) is 0 Å². The van der Waals surface area contributed by atoms with E-state index >= 15 is 0 Å². The Morgan fingerprint density at radius 2 is 1.05 bits per heavy atom. The number of carbonyl (C=O) groups is 2. The molecule has 2 aromatic rings. The zero-order valence-electron chi connectivity index (χ0n) is 11.6. The van der Waals surface area contributed by atoms with Crippen LogP contribution in [-0.2, 0) is 9.59 Å². The number of benzene rings is 2. The van der Waals surface area contributed by atoms with Gasteiger partial charge in [0, 0.05) is 0 Å². The Morgan fingerprint density at radius 3 is 1.41 bits per heavy atom. The van der Waals surface area contributed by atoms with Crippen LogP contribution >= 0.6 is 21.6 Å². The van der Waals surface area contributed by atoms with Crippen LogP contribution in [0.5, 0.6) is 11.5 Å². The maximum atomic E-state index is 11.6. The normalized spacial score (nSPS) is 10.0. The van der Waals surface area contributed by atoms with Crippen molar-refractivity contribution in [3.8, 4) is 11.5 Å². The second kappa shape index (κ2) is 9.17. The highest BCUT2D eigenvalue weighted by Gasteiger charge is 2.10. The van der Waals surface area contributed by atoms with Crippen LogP contribution in [0, 0.1) is 0 Å². The van der Waals surface area contributed by atoms with Crippen molar-refractivity contribution in [3.05, 3.63) is 60.7 Å². The van der Waals surface area contributed by atoms with Crippen LogP contribution in [-0.4, -0.2) is 23.4 Å². The van der Waals surface area contributed by atoms with E-state index in [2.05, 4.69) is 0 Å². The van der Waals surface area contributed by atoms with Gasteiger partial charge in [0.15, 0.2) is 13.2 Å². The Bertz CT molecular complexity index is 547. The maximum absolute atomic E-state index is 11.6. The molecular formula is C16H14O4S2. The van der Waals surface area contributed by atoms with Crippen LogP contribution in [0.15, 0.2) is 60.7 Å². The first-order chi connectivity index (χ1) is 10.7. The smallest absolute Gasteiger partial charge is 0.237 e. The Kier molecular flexibility index (Phi) is 6.86. The second-order valence-corrected chi connectivity index (χ2v) is 6.36. The summed E-state index contributed by atoms with van der Waals surface area (Å²) in [4.78, 5) is 23.2. The molecule has 0 N–H and O–H groups in total. The third-order valence-corrected chi connectivity index (χ3v) is 4.48. The minimum absolute atomic E-state index is 0.0749. The predicted molar refractivity (Wildman–Crippen MR) is 89.1 cm³/mol. The topological polar surface area (TPSA) is 52.6 Å². The summed E-state index contributed by atoms with van der Waals surface area (Å²) in [5.41, 5.74) is 0. The molecule has 22 heavy (non-hydrogen) atoms. The molecule has 0 radical (unpaired) electrons. The Labute approximate surface area is 136 Å². The minimum Gasteiger partial charge on any atom is -0.485 e. The largest absolute Gasteiger partial charge is 0.485 e. The van der Waals surface area contributed by atoms with Gasteiger partial charge in [-0.3, -0.25) is 9.59 Å². The number of hydrogen-bond acceptors (Lipinski definition) is 6. The first kappa shape index (κ1) is 16.5. The molecule has 0 atom stereocenters. The highest BCUT2D eigenvalue weighted by Crippen LogP contribution is 2.24. The monoisotopic (exact) mass is 334 g/mol. The van der Waals surface area contributed by atoms with Gasteiger partial charge in [0.25, 0.3) is 0 Å². The van der Waals surface area contributed by atoms with Crippen molar-refractivity contribution in [2.75, 3.05) is 13.2 Å². The predicted octanol–water partition coefficient (Wildman–Crippen LogP) is 3.58. The quantitative estimate of drug-likeness (QED) is 0.753. The van der Waals surface area contributed by atoms with Gasteiger partial charge in [0.2, 0.25) is 10.2 Å². The fraction of sp³-hybridized carbons (Fsp3) is 0.125. The summed E-state index contributed by atoms with van der Waals surface area (Å²) < 4.78 is 10.6.